The zero-order valence-corrected chi connectivity index (χ0v) is 6.59. The highest BCUT2D eigenvalue weighted by Gasteiger charge is 2.64. The Balaban J connectivity index is 2.94. The minimum atomic E-state index is -3.38. The molecule has 1 aliphatic heterocycles. The van der Waals surface area contributed by atoms with Crippen molar-refractivity contribution in [1.82, 2.24) is 0 Å². The monoisotopic (exact) mass is 198 g/mol. The number of rotatable bonds is 2. The lowest BCUT2D eigenvalue weighted by Crippen LogP contribution is -2.53. The van der Waals surface area contributed by atoms with Crippen LogP contribution in [0, 0.1) is 0 Å². The largest absolute Gasteiger partial charge is 0.393 e. The van der Waals surface area contributed by atoms with Crippen molar-refractivity contribution >= 4 is 0 Å². The molecule has 1 saturated heterocycles. The smallest absolute Gasteiger partial charge is 0.287 e. The van der Waals surface area contributed by atoms with Crippen molar-refractivity contribution in [3.63, 3.8) is 0 Å². The number of halogens is 1. The summed E-state index contributed by atoms with van der Waals surface area (Å²) in [4.78, 5) is 0. The zero-order chi connectivity index (χ0) is 10.3. The first-order chi connectivity index (χ1) is 5.90. The van der Waals surface area contributed by atoms with Crippen LogP contribution >= 0.6 is 0 Å². The highest BCUT2D eigenvalue weighted by Crippen LogP contribution is 2.37. The van der Waals surface area contributed by atoms with Gasteiger partial charge in [0.1, 0.15) is 5.60 Å². The molecule has 0 bridgehead atoms. The SMILES string of the molecule is OCC1(CO)OC(O)[C@](O)(F)[C@@H]1O. The van der Waals surface area contributed by atoms with E-state index >= 15 is 0 Å². The number of aliphatic hydroxyl groups is 5. The summed E-state index contributed by atoms with van der Waals surface area (Å²) in [6.45, 7) is -1.85. The molecule has 1 fully saturated rings. The fourth-order valence-electron chi connectivity index (χ4n) is 1.17. The van der Waals surface area contributed by atoms with Crippen LogP contribution in [0.3, 0.4) is 0 Å². The number of ether oxygens (including phenoxy) is 1. The van der Waals surface area contributed by atoms with Gasteiger partial charge < -0.3 is 30.3 Å². The first-order valence-electron chi connectivity index (χ1n) is 3.57. The Kier molecular flexibility index (Phi) is 2.59. The number of hydrogen-bond donors (Lipinski definition) is 5. The molecule has 0 spiro atoms. The minimum absolute atomic E-state index is 0.923. The van der Waals surface area contributed by atoms with Gasteiger partial charge in [-0.2, -0.15) is 0 Å². The molecule has 78 valence electrons. The lowest BCUT2D eigenvalue weighted by molar-refractivity contribution is -0.243. The van der Waals surface area contributed by atoms with E-state index in [-0.39, 0.29) is 0 Å². The van der Waals surface area contributed by atoms with Crippen LogP contribution in [0.25, 0.3) is 0 Å². The fourth-order valence-corrected chi connectivity index (χ4v) is 1.17. The fraction of sp³-hybridized carbons (Fsp3) is 1.00. The van der Waals surface area contributed by atoms with E-state index in [0.29, 0.717) is 0 Å². The second kappa shape index (κ2) is 3.12. The Morgan fingerprint density at radius 3 is 1.85 bits per heavy atom. The van der Waals surface area contributed by atoms with Gasteiger partial charge in [0.15, 0.2) is 6.10 Å². The minimum Gasteiger partial charge on any atom is -0.393 e. The van der Waals surface area contributed by atoms with Gasteiger partial charge in [0, 0.05) is 0 Å². The van der Waals surface area contributed by atoms with E-state index in [2.05, 4.69) is 4.74 Å². The quantitative estimate of drug-likeness (QED) is 0.325. The van der Waals surface area contributed by atoms with Crippen LogP contribution < -0.4 is 0 Å². The summed E-state index contributed by atoms with van der Waals surface area (Å²) in [7, 11) is 0. The lowest BCUT2D eigenvalue weighted by Gasteiger charge is -2.27. The molecule has 0 aromatic carbocycles. The van der Waals surface area contributed by atoms with E-state index in [1.165, 1.54) is 0 Å². The van der Waals surface area contributed by atoms with Gasteiger partial charge in [-0.15, -0.1) is 0 Å². The van der Waals surface area contributed by atoms with Crippen LogP contribution in [0.4, 0.5) is 4.39 Å². The highest BCUT2D eigenvalue weighted by atomic mass is 19.2. The van der Waals surface area contributed by atoms with Gasteiger partial charge >= 0.3 is 0 Å². The maximum atomic E-state index is 13.0. The molecule has 1 unspecified atom stereocenters. The predicted octanol–water partition coefficient (Wildman–Crippen LogP) is -2.92. The van der Waals surface area contributed by atoms with Crippen LogP contribution in [0.2, 0.25) is 0 Å². The first-order valence-corrected chi connectivity index (χ1v) is 3.57. The van der Waals surface area contributed by atoms with Crippen LogP contribution in [-0.2, 0) is 4.74 Å². The molecular weight excluding hydrogens is 187 g/mol. The van der Waals surface area contributed by atoms with Crippen molar-refractivity contribution in [3.8, 4) is 0 Å². The van der Waals surface area contributed by atoms with E-state index in [0.717, 1.165) is 0 Å². The normalized spacial score (nSPS) is 43.8. The van der Waals surface area contributed by atoms with Gasteiger partial charge in [-0.3, -0.25) is 0 Å². The average molecular weight is 198 g/mol. The summed E-state index contributed by atoms with van der Waals surface area (Å²) in [5.41, 5.74) is -2.07. The molecule has 0 aromatic heterocycles. The number of alkyl halides is 1. The van der Waals surface area contributed by atoms with Crippen LogP contribution in [-0.4, -0.2) is 62.6 Å². The van der Waals surface area contributed by atoms with Crippen molar-refractivity contribution in [2.75, 3.05) is 13.2 Å². The average Bonchev–Trinajstić information content (AvgIpc) is 2.27. The van der Waals surface area contributed by atoms with Crippen LogP contribution in [0.15, 0.2) is 0 Å². The zero-order valence-electron chi connectivity index (χ0n) is 6.59. The molecule has 1 rings (SSSR count). The molecule has 1 aliphatic rings. The second-order valence-electron chi connectivity index (χ2n) is 2.98. The molecule has 0 radical (unpaired) electrons. The van der Waals surface area contributed by atoms with Gasteiger partial charge in [-0.25, -0.2) is 4.39 Å². The van der Waals surface area contributed by atoms with Crippen LogP contribution in [0.5, 0.6) is 0 Å². The molecule has 5 N–H and O–H groups in total. The third kappa shape index (κ3) is 1.33. The standard InChI is InChI=1S/C6H11FO6/c7-6(12)3(10)5(1-8,2-9)13-4(6)11/h3-4,8-12H,1-2H2/t3-,4?,6+/m1/s1. The molecule has 0 aromatic rings. The van der Waals surface area contributed by atoms with Crippen LogP contribution in [0.1, 0.15) is 0 Å². The number of hydrogen-bond acceptors (Lipinski definition) is 6. The van der Waals surface area contributed by atoms with Crippen molar-refractivity contribution in [1.29, 1.82) is 0 Å². The molecule has 3 atom stereocenters. The molecule has 1 heterocycles. The van der Waals surface area contributed by atoms with Gasteiger partial charge in [-0.05, 0) is 0 Å². The van der Waals surface area contributed by atoms with E-state index in [1.807, 2.05) is 0 Å². The summed E-state index contributed by atoms with van der Waals surface area (Å²) < 4.78 is 17.3. The third-order valence-corrected chi connectivity index (χ3v) is 2.11. The Morgan fingerprint density at radius 1 is 1.23 bits per heavy atom. The van der Waals surface area contributed by atoms with Crippen molar-refractivity contribution in [2.45, 2.75) is 23.8 Å². The van der Waals surface area contributed by atoms with E-state index in [9.17, 15) is 4.39 Å². The molecule has 0 saturated carbocycles. The molecule has 13 heavy (non-hydrogen) atoms. The maximum Gasteiger partial charge on any atom is 0.287 e. The maximum absolute atomic E-state index is 13.0. The van der Waals surface area contributed by atoms with Crippen molar-refractivity contribution in [3.05, 3.63) is 0 Å². The van der Waals surface area contributed by atoms with E-state index < -0.39 is 37.1 Å². The van der Waals surface area contributed by atoms with E-state index in [4.69, 9.17) is 25.5 Å². The predicted molar refractivity (Wildman–Crippen MR) is 36.1 cm³/mol. The van der Waals surface area contributed by atoms with Gasteiger partial charge in [0.2, 0.25) is 6.29 Å². The summed E-state index contributed by atoms with van der Waals surface area (Å²) in [6, 6.07) is 0. The molecule has 6 nitrogen and oxygen atoms in total. The summed E-state index contributed by atoms with van der Waals surface area (Å²) >= 11 is 0. The molecule has 0 amide bonds. The topological polar surface area (TPSA) is 110 Å². The van der Waals surface area contributed by atoms with E-state index in [1.54, 1.807) is 0 Å². The Labute approximate surface area is 72.8 Å². The second-order valence-corrected chi connectivity index (χ2v) is 2.98. The summed E-state index contributed by atoms with van der Waals surface area (Å²) in [5.74, 6) is -3.38. The Hall–Kier alpha value is -0.310. The van der Waals surface area contributed by atoms with Gasteiger partial charge in [0.05, 0.1) is 13.2 Å². The number of aliphatic hydroxyl groups excluding tert-OH is 4. The van der Waals surface area contributed by atoms with Crippen molar-refractivity contribution < 1.29 is 34.7 Å². The molecule has 7 heteroatoms. The summed E-state index contributed by atoms with van der Waals surface area (Å²) in [6.07, 6.45) is -4.49. The summed E-state index contributed by atoms with van der Waals surface area (Å²) in [5, 5.41) is 44.1. The lowest BCUT2D eigenvalue weighted by atomic mass is 9.96. The van der Waals surface area contributed by atoms with Crippen molar-refractivity contribution in [2.24, 2.45) is 0 Å². The third-order valence-electron chi connectivity index (χ3n) is 2.11. The molecule has 0 aliphatic carbocycles. The van der Waals surface area contributed by atoms with Gasteiger partial charge in [-0.1, -0.05) is 0 Å². The highest BCUT2D eigenvalue weighted by molar-refractivity contribution is 5.03. The molecular formula is C6H11FO6. The first kappa shape index (κ1) is 10.8. The Bertz CT molecular complexity index is 192. The van der Waals surface area contributed by atoms with Gasteiger partial charge in [0.25, 0.3) is 5.85 Å². The Morgan fingerprint density at radius 2 is 1.69 bits per heavy atom.